The highest BCUT2D eigenvalue weighted by molar-refractivity contribution is 8.14. The topological polar surface area (TPSA) is 86.8 Å². The molecule has 0 radical (unpaired) electrons. The number of nitrogens with one attached hydrogen (secondary N) is 2. The lowest BCUT2D eigenvalue weighted by molar-refractivity contribution is 0.0905. The molecule has 2 aromatic rings. The second-order valence-electron chi connectivity index (χ2n) is 8.87. The van der Waals surface area contributed by atoms with Crippen molar-refractivity contribution in [2.45, 2.75) is 37.9 Å². The van der Waals surface area contributed by atoms with Gasteiger partial charge in [0.05, 0.1) is 34.4 Å². The van der Waals surface area contributed by atoms with Crippen LogP contribution in [0.1, 0.15) is 25.5 Å². The first-order valence-corrected chi connectivity index (χ1v) is 14.0. The zero-order valence-electron chi connectivity index (χ0n) is 18.1. The van der Waals surface area contributed by atoms with Crippen molar-refractivity contribution in [3.8, 4) is 0 Å². The molecular formula is C22H29FN4O3S2. The normalized spacial score (nSPS) is 25.7. The lowest BCUT2D eigenvalue weighted by atomic mass is 10.1. The van der Waals surface area contributed by atoms with Gasteiger partial charge in [0.15, 0.2) is 9.84 Å². The molecule has 0 amide bonds. The van der Waals surface area contributed by atoms with Crippen LogP contribution in [-0.2, 0) is 14.6 Å². The Morgan fingerprint density at radius 3 is 2.75 bits per heavy atom. The highest BCUT2D eigenvalue weighted by Crippen LogP contribution is 2.32. The number of aromatic nitrogens is 1. The van der Waals surface area contributed by atoms with Crippen LogP contribution < -0.4 is 5.32 Å². The van der Waals surface area contributed by atoms with Crippen molar-refractivity contribution in [2.24, 2.45) is 4.99 Å². The zero-order chi connectivity index (χ0) is 22.3. The quantitative estimate of drug-likeness (QED) is 0.685. The highest BCUT2D eigenvalue weighted by Gasteiger charge is 2.32. The van der Waals surface area contributed by atoms with Crippen LogP contribution >= 0.6 is 11.8 Å². The van der Waals surface area contributed by atoms with Crippen LogP contribution in [0.25, 0.3) is 10.9 Å². The molecule has 5 rings (SSSR count). The van der Waals surface area contributed by atoms with Crippen molar-refractivity contribution in [1.82, 2.24) is 9.88 Å². The number of hydrogen-bond acceptors (Lipinski definition) is 7. The highest BCUT2D eigenvalue weighted by atomic mass is 32.2. The first-order chi connectivity index (χ1) is 15.4. The second kappa shape index (κ2) is 8.96. The van der Waals surface area contributed by atoms with Crippen LogP contribution in [0.15, 0.2) is 23.2 Å². The minimum atomic E-state index is -2.89. The van der Waals surface area contributed by atoms with Gasteiger partial charge >= 0.3 is 0 Å². The standard InChI is InChI=1S/C22H29FN4O3S2/c1-14(27-4-8-32(28,29)9-5-27)20-13-31-22(26-20)19-11-15-10-16(23)12-18(21(15)25-19)24-17-2-6-30-7-3-17/h10-12,14,17,20,24-25H,2-9,13H2,1H3. The van der Waals surface area contributed by atoms with Crippen LogP contribution in [0, 0.1) is 5.82 Å². The number of fused-ring (bicyclic) bond motifs is 1. The molecule has 2 saturated heterocycles. The molecule has 4 heterocycles. The van der Waals surface area contributed by atoms with Gasteiger partial charge in [0.2, 0.25) is 0 Å². The molecule has 2 N–H and O–H groups in total. The minimum absolute atomic E-state index is 0.110. The van der Waals surface area contributed by atoms with E-state index in [0.29, 0.717) is 13.1 Å². The van der Waals surface area contributed by atoms with Gasteiger partial charge in [-0.25, -0.2) is 12.8 Å². The molecule has 0 bridgehead atoms. The zero-order valence-corrected chi connectivity index (χ0v) is 19.8. The van der Waals surface area contributed by atoms with E-state index in [1.807, 2.05) is 6.07 Å². The molecule has 3 aliphatic heterocycles. The molecule has 0 aliphatic carbocycles. The first kappa shape index (κ1) is 22.2. The Labute approximate surface area is 192 Å². The summed E-state index contributed by atoms with van der Waals surface area (Å²) in [6.07, 6.45) is 1.82. The minimum Gasteiger partial charge on any atom is -0.381 e. The van der Waals surface area contributed by atoms with Gasteiger partial charge < -0.3 is 15.0 Å². The van der Waals surface area contributed by atoms with Gasteiger partial charge in [-0.2, -0.15) is 0 Å². The Bertz CT molecular complexity index is 1110. The van der Waals surface area contributed by atoms with E-state index in [2.05, 4.69) is 22.1 Å². The van der Waals surface area contributed by atoms with Crippen LogP contribution in [-0.4, -0.2) is 85.0 Å². The number of benzene rings is 1. The lowest BCUT2D eigenvalue weighted by Gasteiger charge is -2.34. The van der Waals surface area contributed by atoms with E-state index in [1.54, 1.807) is 23.9 Å². The molecule has 174 valence electrons. The maximum Gasteiger partial charge on any atom is 0.152 e. The lowest BCUT2D eigenvalue weighted by Crippen LogP contribution is -2.49. The Morgan fingerprint density at radius 2 is 2.00 bits per heavy atom. The van der Waals surface area contributed by atoms with E-state index in [4.69, 9.17) is 9.73 Å². The summed E-state index contributed by atoms with van der Waals surface area (Å²) in [7, 11) is -2.89. The molecular weight excluding hydrogens is 451 g/mol. The molecule has 2 unspecified atom stereocenters. The molecule has 2 atom stereocenters. The molecule has 3 aliphatic rings. The largest absolute Gasteiger partial charge is 0.381 e. The average molecular weight is 481 g/mol. The van der Waals surface area contributed by atoms with Gasteiger partial charge in [-0.3, -0.25) is 9.89 Å². The Hall–Kier alpha value is -1.62. The van der Waals surface area contributed by atoms with Crippen molar-refractivity contribution < 1.29 is 17.5 Å². The maximum atomic E-state index is 14.3. The number of ether oxygens (including phenoxy) is 1. The molecule has 7 nitrogen and oxygen atoms in total. The van der Waals surface area contributed by atoms with E-state index in [-0.39, 0.29) is 35.4 Å². The van der Waals surface area contributed by atoms with Crippen molar-refractivity contribution in [2.75, 3.05) is 48.9 Å². The van der Waals surface area contributed by atoms with E-state index >= 15 is 0 Å². The van der Waals surface area contributed by atoms with E-state index in [9.17, 15) is 12.8 Å². The fourth-order valence-electron chi connectivity index (χ4n) is 4.66. The van der Waals surface area contributed by atoms with Gasteiger partial charge in [0.1, 0.15) is 10.9 Å². The predicted molar refractivity (Wildman–Crippen MR) is 128 cm³/mol. The van der Waals surface area contributed by atoms with E-state index < -0.39 is 9.84 Å². The molecule has 32 heavy (non-hydrogen) atoms. The fourth-order valence-corrected chi connectivity index (χ4v) is 7.05. The summed E-state index contributed by atoms with van der Waals surface area (Å²) in [5, 5.41) is 5.25. The molecule has 0 spiro atoms. The molecule has 1 aromatic heterocycles. The van der Waals surface area contributed by atoms with Crippen LogP contribution in [0.4, 0.5) is 10.1 Å². The van der Waals surface area contributed by atoms with Crippen LogP contribution in [0.5, 0.6) is 0 Å². The van der Waals surface area contributed by atoms with Gasteiger partial charge in [-0.15, -0.1) is 11.8 Å². The summed E-state index contributed by atoms with van der Waals surface area (Å²) in [5.41, 5.74) is 2.58. The van der Waals surface area contributed by atoms with Gasteiger partial charge in [-0.1, -0.05) is 0 Å². The first-order valence-electron chi connectivity index (χ1n) is 11.2. The summed E-state index contributed by atoms with van der Waals surface area (Å²) in [4.78, 5) is 10.7. The summed E-state index contributed by atoms with van der Waals surface area (Å²) < 4.78 is 43.2. The van der Waals surface area contributed by atoms with E-state index in [0.717, 1.165) is 59.1 Å². The molecule has 10 heteroatoms. The Balaban J connectivity index is 1.35. The number of halogens is 1. The maximum absolute atomic E-state index is 14.3. The van der Waals surface area contributed by atoms with Gasteiger partial charge in [0, 0.05) is 49.5 Å². The fraction of sp³-hybridized carbons (Fsp3) is 0.591. The molecule has 2 fully saturated rings. The number of thioether (sulfide) groups is 1. The third-order valence-corrected chi connectivity index (χ3v) is 9.41. The SMILES string of the molecule is CC(C1CSC(c2cc3cc(F)cc(NC4CCOCC4)c3[nH]2)=N1)N1CCS(=O)(=O)CC1. The van der Waals surface area contributed by atoms with Crippen LogP contribution in [0.3, 0.4) is 0 Å². The summed E-state index contributed by atoms with van der Waals surface area (Å²) in [5.74, 6) is 1.05. The van der Waals surface area contributed by atoms with Crippen molar-refractivity contribution in [3.63, 3.8) is 0 Å². The number of nitrogens with zero attached hydrogens (tertiary/aromatic N) is 2. The van der Waals surface area contributed by atoms with Crippen molar-refractivity contribution in [3.05, 3.63) is 29.7 Å². The average Bonchev–Trinajstić information content (AvgIpc) is 3.41. The number of anilines is 1. The predicted octanol–water partition coefficient (Wildman–Crippen LogP) is 2.88. The smallest absolute Gasteiger partial charge is 0.152 e. The Morgan fingerprint density at radius 1 is 1.25 bits per heavy atom. The Kier molecular flexibility index (Phi) is 6.21. The van der Waals surface area contributed by atoms with Gasteiger partial charge in [-0.05, 0) is 38.0 Å². The third kappa shape index (κ3) is 4.69. The second-order valence-corrected chi connectivity index (χ2v) is 12.2. The monoisotopic (exact) mass is 480 g/mol. The molecule has 0 saturated carbocycles. The number of hydrogen-bond donors (Lipinski definition) is 2. The number of sulfone groups is 1. The molecule has 1 aromatic carbocycles. The number of aliphatic imine (C=N–C) groups is 1. The summed E-state index contributed by atoms with van der Waals surface area (Å²) >= 11 is 1.70. The van der Waals surface area contributed by atoms with Crippen molar-refractivity contribution >= 4 is 43.2 Å². The number of rotatable bonds is 5. The number of aromatic amines is 1. The van der Waals surface area contributed by atoms with Gasteiger partial charge in [0.25, 0.3) is 0 Å². The summed E-state index contributed by atoms with van der Waals surface area (Å²) in [6, 6.07) is 5.65. The number of H-pyrrole nitrogens is 1. The van der Waals surface area contributed by atoms with Crippen LogP contribution in [0.2, 0.25) is 0 Å². The van der Waals surface area contributed by atoms with Crippen molar-refractivity contribution in [1.29, 1.82) is 0 Å². The third-order valence-electron chi connectivity index (χ3n) is 6.69. The van der Waals surface area contributed by atoms with E-state index in [1.165, 1.54) is 0 Å². The summed E-state index contributed by atoms with van der Waals surface area (Å²) in [6.45, 7) is 4.72.